The summed E-state index contributed by atoms with van der Waals surface area (Å²) in [7, 11) is 0. The van der Waals surface area contributed by atoms with Crippen molar-refractivity contribution >= 4 is 0 Å². The maximum Gasteiger partial charge on any atom is 0.0886 e. The van der Waals surface area contributed by atoms with Crippen LogP contribution in [0.25, 0.3) is 0 Å². The second-order valence-electron chi connectivity index (χ2n) is 3.72. The Balaban J connectivity index is 3.22. The maximum atomic E-state index is 10.6. The summed E-state index contributed by atoms with van der Waals surface area (Å²) in [5.74, 6) is 5.70. The van der Waals surface area contributed by atoms with E-state index in [0.717, 1.165) is 16.7 Å². The Bertz CT molecular complexity index is 522. The highest BCUT2D eigenvalue weighted by Gasteiger charge is 2.06. The number of allylic oxidation sites excluding steroid dienone is 6. The molecule has 2 N–H and O–H groups in total. The molecule has 0 unspecified atom stereocenters. The van der Waals surface area contributed by atoms with Gasteiger partial charge in [0, 0.05) is 13.0 Å². The Morgan fingerprint density at radius 2 is 2.33 bits per heavy atom. The maximum absolute atomic E-state index is 10.6. The molecule has 3 nitrogen and oxygen atoms in total. The third-order valence-corrected chi connectivity index (χ3v) is 2.55. The molecule has 0 aromatic rings. The zero-order valence-corrected chi connectivity index (χ0v) is 10.4. The van der Waals surface area contributed by atoms with Crippen LogP contribution in [0.15, 0.2) is 64.6 Å². The lowest BCUT2D eigenvalue weighted by atomic mass is 9.98. The van der Waals surface area contributed by atoms with Gasteiger partial charge < -0.3 is 5.73 Å². The van der Waals surface area contributed by atoms with Gasteiger partial charge in [-0.3, -0.25) is 0 Å². The van der Waals surface area contributed by atoms with Crippen LogP contribution in [0, 0.1) is 16.7 Å². The van der Waals surface area contributed by atoms with Crippen molar-refractivity contribution in [2.24, 2.45) is 10.9 Å². The van der Waals surface area contributed by atoms with E-state index in [-0.39, 0.29) is 0 Å². The summed E-state index contributed by atoms with van der Waals surface area (Å²) >= 11 is 0. The van der Waals surface area contributed by atoms with E-state index >= 15 is 0 Å². The van der Waals surface area contributed by atoms with Crippen LogP contribution >= 0.6 is 0 Å². The van der Waals surface area contributed by atoms with Gasteiger partial charge in [0.2, 0.25) is 0 Å². The highest BCUT2D eigenvalue weighted by molar-refractivity contribution is 5.54. The summed E-state index contributed by atoms with van der Waals surface area (Å²) in [6.07, 6.45) is 9.51. The molecule has 0 radical (unpaired) electrons. The lowest BCUT2D eigenvalue weighted by molar-refractivity contribution is 1.14. The monoisotopic (exact) mass is 240 g/mol. The van der Waals surface area contributed by atoms with E-state index in [2.05, 4.69) is 23.6 Å². The van der Waals surface area contributed by atoms with Crippen molar-refractivity contribution in [2.45, 2.75) is 13.3 Å². The quantitative estimate of drug-likeness (QED) is 0.596. The molecule has 1 aliphatic carbocycles. The van der Waals surface area contributed by atoms with E-state index in [1.165, 1.54) is 0 Å². The number of nitrogens with two attached hydrogens (primary N) is 1. The Labute approximate surface area is 107 Å². The SMILES string of the molecule is C=C1/C(=C\C#CC)C=CC/C(N=O)=C\C=C\1CN. The molecular formula is C15H16N2O. The lowest BCUT2D eigenvalue weighted by Gasteiger charge is -2.08. The fourth-order valence-electron chi connectivity index (χ4n) is 1.50. The molecule has 0 aliphatic heterocycles. The third-order valence-electron chi connectivity index (χ3n) is 2.55. The van der Waals surface area contributed by atoms with Crippen LogP contribution in [0.2, 0.25) is 0 Å². The van der Waals surface area contributed by atoms with Gasteiger partial charge in [0.25, 0.3) is 0 Å². The molecule has 0 saturated carbocycles. The zero-order valence-electron chi connectivity index (χ0n) is 10.4. The summed E-state index contributed by atoms with van der Waals surface area (Å²) in [4.78, 5) is 10.6. The van der Waals surface area contributed by atoms with Gasteiger partial charge in [-0.1, -0.05) is 30.7 Å². The van der Waals surface area contributed by atoms with Crippen molar-refractivity contribution < 1.29 is 0 Å². The molecule has 0 saturated heterocycles. The van der Waals surface area contributed by atoms with Gasteiger partial charge in [0.05, 0.1) is 5.70 Å². The third kappa shape index (κ3) is 3.69. The predicted octanol–water partition coefficient (Wildman–Crippen LogP) is 2.99. The van der Waals surface area contributed by atoms with Crippen molar-refractivity contribution in [3.63, 3.8) is 0 Å². The first-order chi connectivity index (χ1) is 8.72. The zero-order chi connectivity index (χ0) is 13.4. The molecule has 1 aliphatic rings. The van der Waals surface area contributed by atoms with Gasteiger partial charge in [-0.15, -0.1) is 10.8 Å². The molecule has 1 rings (SSSR count). The van der Waals surface area contributed by atoms with Crippen molar-refractivity contribution in [3.8, 4) is 11.8 Å². The Hall–Kier alpha value is -2.18. The molecule has 0 heterocycles. The second-order valence-corrected chi connectivity index (χ2v) is 3.72. The minimum absolute atomic E-state index is 0.353. The van der Waals surface area contributed by atoms with Crippen LogP contribution in [0.5, 0.6) is 0 Å². The standard InChI is InChI=1S/C15H16N2O/c1-3-4-6-13-7-5-8-15(17-18)10-9-14(11-16)12(13)2/h5-7,9-10H,2,8,11,16H2,1H3/b7-5?,13-6-,14-9+,15-10+. The summed E-state index contributed by atoms with van der Waals surface area (Å²) in [6.45, 7) is 6.15. The van der Waals surface area contributed by atoms with E-state index in [1.54, 1.807) is 25.2 Å². The topological polar surface area (TPSA) is 55.5 Å². The van der Waals surface area contributed by atoms with Crippen molar-refractivity contribution in [2.75, 3.05) is 6.54 Å². The minimum Gasteiger partial charge on any atom is -0.326 e. The summed E-state index contributed by atoms with van der Waals surface area (Å²) in [5, 5.41) is 2.97. The lowest BCUT2D eigenvalue weighted by Crippen LogP contribution is -2.05. The van der Waals surface area contributed by atoms with Gasteiger partial charge in [0.15, 0.2) is 0 Å². The Kier molecular flexibility index (Phi) is 5.56. The highest BCUT2D eigenvalue weighted by Crippen LogP contribution is 2.21. The van der Waals surface area contributed by atoms with E-state index in [1.807, 2.05) is 12.2 Å². The Morgan fingerprint density at radius 3 is 2.94 bits per heavy atom. The molecule has 0 spiro atoms. The van der Waals surface area contributed by atoms with Crippen molar-refractivity contribution in [3.05, 3.63) is 64.3 Å². The fourth-order valence-corrected chi connectivity index (χ4v) is 1.50. The summed E-state index contributed by atoms with van der Waals surface area (Å²) in [6, 6.07) is 0. The minimum atomic E-state index is 0.353. The average Bonchev–Trinajstić information content (AvgIpc) is 2.46. The van der Waals surface area contributed by atoms with Gasteiger partial charge in [-0.2, -0.15) is 0 Å². The van der Waals surface area contributed by atoms with Crippen molar-refractivity contribution in [1.29, 1.82) is 0 Å². The first-order valence-electron chi connectivity index (χ1n) is 5.64. The molecule has 3 heteroatoms. The number of nitroso groups, excluding NO2 is 1. The molecule has 0 aromatic heterocycles. The molecule has 0 fully saturated rings. The van der Waals surface area contributed by atoms with Crippen LogP contribution in [-0.4, -0.2) is 6.54 Å². The van der Waals surface area contributed by atoms with Gasteiger partial charge in [-0.25, -0.2) is 0 Å². The molecule has 92 valence electrons. The second kappa shape index (κ2) is 7.21. The molecule has 0 bridgehead atoms. The first kappa shape index (κ1) is 13.9. The van der Waals surface area contributed by atoms with Crippen LogP contribution in [0.3, 0.4) is 0 Å². The van der Waals surface area contributed by atoms with E-state index < -0.39 is 0 Å². The van der Waals surface area contributed by atoms with Gasteiger partial charge in [0.1, 0.15) is 0 Å². The number of rotatable bonds is 2. The number of hydrogen-bond acceptors (Lipinski definition) is 3. The van der Waals surface area contributed by atoms with Crippen LogP contribution in [0.1, 0.15) is 13.3 Å². The smallest absolute Gasteiger partial charge is 0.0886 e. The van der Waals surface area contributed by atoms with Gasteiger partial charge in [-0.05, 0) is 41.0 Å². The van der Waals surface area contributed by atoms with Crippen molar-refractivity contribution in [1.82, 2.24) is 0 Å². The van der Waals surface area contributed by atoms with E-state index in [4.69, 9.17) is 5.73 Å². The van der Waals surface area contributed by atoms with Gasteiger partial charge >= 0.3 is 0 Å². The van der Waals surface area contributed by atoms with Crippen LogP contribution in [-0.2, 0) is 0 Å². The molecule has 0 aromatic carbocycles. The Morgan fingerprint density at radius 1 is 1.56 bits per heavy atom. The molecule has 18 heavy (non-hydrogen) atoms. The largest absolute Gasteiger partial charge is 0.326 e. The normalized spacial score (nSPS) is 23.7. The summed E-state index contributed by atoms with van der Waals surface area (Å²) in [5.41, 5.74) is 8.75. The fraction of sp³-hybridized carbons (Fsp3) is 0.200. The van der Waals surface area contributed by atoms with Crippen LogP contribution in [0.4, 0.5) is 0 Å². The predicted molar refractivity (Wildman–Crippen MR) is 75.4 cm³/mol. The number of hydrogen-bond donors (Lipinski definition) is 1. The first-order valence-corrected chi connectivity index (χ1v) is 5.64. The van der Waals surface area contributed by atoms with E-state index in [9.17, 15) is 4.91 Å². The average molecular weight is 240 g/mol. The molecular weight excluding hydrogens is 224 g/mol. The molecule has 0 amide bonds. The van der Waals surface area contributed by atoms with E-state index in [0.29, 0.717) is 18.7 Å². The van der Waals surface area contributed by atoms with Crippen LogP contribution < -0.4 is 5.73 Å². The highest BCUT2D eigenvalue weighted by atomic mass is 16.3. The number of nitrogens with zero attached hydrogens (tertiary/aromatic N) is 1. The molecule has 0 atom stereocenters. The summed E-state index contributed by atoms with van der Waals surface area (Å²) < 4.78 is 0.